The third-order valence-corrected chi connectivity index (χ3v) is 3.82. The average Bonchev–Trinajstić information content (AvgIpc) is 2.88. The molecule has 1 heterocycles. The lowest BCUT2D eigenvalue weighted by Gasteiger charge is -2.08. The molecule has 0 aliphatic carbocycles. The number of furan rings is 1. The van der Waals surface area contributed by atoms with Crippen LogP contribution >= 0.6 is 23.2 Å². The summed E-state index contributed by atoms with van der Waals surface area (Å²) in [6.45, 7) is 2.93. The van der Waals surface area contributed by atoms with E-state index >= 15 is 0 Å². The van der Waals surface area contributed by atoms with Gasteiger partial charge in [0.2, 0.25) is 0 Å². The number of hydrogen-bond acceptors (Lipinski definition) is 2. The van der Waals surface area contributed by atoms with Gasteiger partial charge in [0.15, 0.2) is 5.76 Å². The van der Waals surface area contributed by atoms with Crippen LogP contribution in [-0.2, 0) is 6.54 Å². The third-order valence-electron chi connectivity index (χ3n) is 3.27. The van der Waals surface area contributed by atoms with Gasteiger partial charge >= 0.3 is 0 Å². The average molecular weight is 315 g/mol. The van der Waals surface area contributed by atoms with Crippen LogP contribution in [0.25, 0.3) is 11.3 Å². The zero-order valence-electron chi connectivity index (χ0n) is 11.3. The Kier molecular flexibility index (Phi) is 5.49. The van der Waals surface area contributed by atoms with Crippen LogP contribution in [0.3, 0.4) is 0 Å². The van der Waals surface area contributed by atoms with Crippen molar-refractivity contribution in [3.63, 3.8) is 0 Å². The molecule has 0 aliphatic rings. The van der Waals surface area contributed by atoms with Crippen molar-refractivity contribution in [3.05, 3.63) is 46.1 Å². The molecule has 2 rings (SSSR count). The molecular formula is C15H18Cl2NO2+. The fourth-order valence-electron chi connectivity index (χ4n) is 1.97. The Labute approximate surface area is 128 Å². The van der Waals surface area contributed by atoms with Gasteiger partial charge in [0.05, 0.1) is 11.6 Å². The van der Waals surface area contributed by atoms with Crippen LogP contribution in [0.1, 0.15) is 19.1 Å². The van der Waals surface area contributed by atoms with Gasteiger partial charge in [0.25, 0.3) is 0 Å². The molecule has 108 valence electrons. The number of halogens is 2. The van der Waals surface area contributed by atoms with Crippen LogP contribution < -0.4 is 5.32 Å². The van der Waals surface area contributed by atoms with E-state index in [4.69, 9.17) is 32.7 Å². The summed E-state index contributed by atoms with van der Waals surface area (Å²) in [6.07, 6.45) is 0.924. The molecule has 1 atom stereocenters. The van der Waals surface area contributed by atoms with Crippen molar-refractivity contribution in [2.75, 3.05) is 6.61 Å². The van der Waals surface area contributed by atoms with E-state index in [1.54, 1.807) is 12.1 Å². The van der Waals surface area contributed by atoms with Gasteiger partial charge in [0, 0.05) is 10.6 Å². The van der Waals surface area contributed by atoms with E-state index in [9.17, 15) is 0 Å². The van der Waals surface area contributed by atoms with Crippen molar-refractivity contribution in [2.24, 2.45) is 0 Å². The van der Waals surface area contributed by atoms with E-state index in [0.717, 1.165) is 23.5 Å². The SMILES string of the molecule is CC[C@@H](CO)[NH2+]Cc1ccc(-c2ccc(Cl)cc2Cl)o1. The Hall–Kier alpha value is -1.00. The second kappa shape index (κ2) is 7.14. The topological polar surface area (TPSA) is 50.0 Å². The summed E-state index contributed by atoms with van der Waals surface area (Å²) >= 11 is 12.0. The van der Waals surface area contributed by atoms with E-state index in [0.29, 0.717) is 16.6 Å². The zero-order chi connectivity index (χ0) is 14.5. The van der Waals surface area contributed by atoms with Gasteiger partial charge in [-0.25, -0.2) is 0 Å². The molecule has 3 nitrogen and oxygen atoms in total. The van der Waals surface area contributed by atoms with Crippen molar-refractivity contribution < 1.29 is 14.8 Å². The monoisotopic (exact) mass is 314 g/mol. The maximum absolute atomic E-state index is 9.16. The van der Waals surface area contributed by atoms with Crippen LogP contribution in [0, 0.1) is 0 Å². The Morgan fingerprint density at radius 1 is 1.25 bits per heavy atom. The number of quaternary nitrogens is 1. The quantitative estimate of drug-likeness (QED) is 0.860. The molecule has 0 radical (unpaired) electrons. The van der Waals surface area contributed by atoms with E-state index in [1.165, 1.54) is 0 Å². The van der Waals surface area contributed by atoms with Gasteiger partial charge in [-0.3, -0.25) is 0 Å². The minimum atomic E-state index is 0.174. The van der Waals surface area contributed by atoms with Gasteiger partial charge in [0.1, 0.15) is 18.3 Å². The highest BCUT2D eigenvalue weighted by Crippen LogP contribution is 2.31. The summed E-state index contributed by atoms with van der Waals surface area (Å²) in [7, 11) is 0. The molecule has 0 spiro atoms. The van der Waals surface area contributed by atoms with Gasteiger partial charge < -0.3 is 14.8 Å². The first-order valence-corrected chi connectivity index (χ1v) is 7.38. The summed E-state index contributed by atoms with van der Waals surface area (Å²) in [5.74, 6) is 1.59. The van der Waals surface area contributed by atoms with Crippen molar-refractivity contribution in [1.82, 2.24) is 0 Å². The second-order valence-corrected chi connectivity index (χ2v) is 5.52. The fourth-order valence-corrected chi connectivity index (χ4v) is 2.48. The maximum Gasteiger partial charge on any atom is 0.158 e. The molecule has 2 aromatic rings. The van der Waals surface area contributed by atoms with Crippen LogP contribution in [0.4, 0.5) is 0 Å². The number of benzene rings is 1. The number of rotatable bonds is 6. The minimum absolute atomic E-state index is 0.174. The smallest absolute Gasteiger partial charge is 0.158 e. The van der Waals surface area contributed by atoms with Crippen molar-refractivity contribution in [2.45, 2.75) is 25.9 Å². The normalized spacial score (nSPS) is 12.6. The van der Waals surface area contributed by atoms with Crippen LogP contribution in [0.5, 0.6) is 0 Å². The molecule has 0 saturated heterocycles. The second-order valence-electron chi connectivity index (χ2n) is 4.68. The molecule has 3 N–H and O–H groups in total. The highest BCUT2D eigenvalue weighted by Gasteiger charge is 2.12. The Bertz CT molecular complexity index is 565. The van der Waals surface area contributed by atoms with Gasteiger partial charge in [-0.15, -0.1) is 0 Å². The lowest BCUT2D eigenvalue weighted by Crippen LogP contribution is -2.89. The molecule has 0 amide bonds. The Morgan fingerprint density at radius 2 is 2.05 bits per heavy atom. The van der Waals surface area contributed by atoms with Crippen molar-refractivity contribution in [3.8, 4) is 11.3 Å². The number of hydrogen-bond donors (Lipinski definition) is 2. The van der Waals surface area contributed by atoms with E-state index in [2.05, 4.69) is 12.2 Å². The third kappa shape index (κ3) is 3.76. The summed E-state index contributed by atoms with van der Waals surface area (Å²) in [5, 5.41) is 12.4. The first-order chi connectivity index (χ1) is 9.63. The number of nitrogens with two attached hydrogens (primary N) is 1. The molecule has 0 bridgehead atoms. The maximum atomic E-state index is 9.16. The van der Waals surface area contributed by atoms with E-state index in [-0.39, 0.29) is 12.6 Å². The van der Waals surface area contributed by atoms with E-state index in [1.807, 2.05) is 18.2 Å². The van der Waals surface area contributed by atoms with Crippen molar-refractivity contribution >= 4 is 23.2 Å². The lowest BCUT2D eigenvalue weighted by atomic mass is 10.2. The highest BCUT2D eigenvalue weighted by atomic mass is 35.5. The summed E-state index contributed by atoms with van der Waals surface area (Å²) in [6, 6.07) is 9.38. The Morgan fingerprint density at radius 3 is 2.70 bits per heavy atom. The fraction of sp³-hybridized carbons (Fsp3) is 0.333. The minimum Gasteiger partial charge on any atom is -0.455 e. The van der Waals surface area contributed by atoms with Crippen LogP contribution in [0.15, 0.2) is 34.7 Å². The first-order valence-electron chi connectivity index (χ1n) is 6.62. The molecule has 1 aromatic heterocycles. The largest absolute Gasteiger partial charge is 0.455 e. The summed E-state index contributed by atoms with van der Waals surface area (Å²) in [5.41, 5.74) is 0.830. The molecule has 0 aliphatic heterocycles. The van der Waals surface area contributed by atoms with Crippen molar-refractivity contribution in [1.29, 1.82) is 0 Å². The predicted molar refractivity (Wildman–Crippen MR) is 81.0 cm³/mol. The molecule has 20 heavy (non-hydrogen) atoms. The molecule has 0 unspecified atom stereocenters. The zero-order valence-corrected chi connectivity index (χ0v) is 12.8. The lowest BCUT2D eigenvalue weighted by molar-refractivity contribution is -0.707. The van der Waals surface area contributed by atoms with Gasteiger partial charge in [-0.1, -0.05) is 30.1 Å². The summed E-state index contributed by atoms with van der Waals surface area (Å²) < 4.78 is 5.79. The number of aliphatic hydroxyl groups excluding tert-OH is 1. The van der Waals surface area contributed by atoms with Gasteiger partial charge in [-0.2, -0.15) is 0 Å². The van der Waals surface area contributed by atoms with E-state index < -0.39 is 0 Å². The van der Waals surface area contributed by atoms with Gasteiger partial charge in [-0.05, 0) is 36.8 Å². The molecule has 1 aromatic carbocycles. The molecular weight excluding hydrogens is 297 g/mol. The standard InChI is InChI=1S/C15H17Cl2NO2/c1-2-11(9-19)18-8-12-4-6-15(20-12)13-5-3-10(16)7-14(13)17/h3-7,11,18-19H,2,8-9H2,1H3/p+1/t11-/m0/s1. The van der Waals surface area contributed by atoms with Crippen LogP contribution in [-0.4, -0.2) is 17.8 Å². The number of aliphatic hydroxyl groups is 1. The highest BCUT2D eigenvalue weighted by molar-refractivity contribution is 6.36. The summed E-state index contributed by atoms with van der Waals surface area (Å²) in [4.78, 5) is 0. The first kappa shape index (κ1) is 15.4. The van der Waals surface area contributed by atoms with Crippen LogP contribution in [0.2, 0.25) is 10.0 Å². The predicted octanol–water partition coefficient (Wildman–Crippen LogP) is 3.09. The Balaban J connectivity index is 2.08. The molecule has 0 saturated carbocycles. The molecule has 5 heteroatoms. The molecule has 0 fully saturated rings.